The van der Waals surface area contributed by atoms with Crippen LogP contribution >= 0.6 is 0 Å². The van der Waals surface area contributed by atoms with E-state index in [4.69, 9.17) is 10.1 Å². The van der Waals surface area contributed by atoms with Gasteiger partial charge in [0, 0.05) is 36.8 Å². The third kappa shape index (κ3) is 5.69. The molecule has 0 saturated carbocycles. The van der Waals surface area contributed by atoms with Crippen molar-refractivity contribution in [3.63, 3.8) is 0 Å². The topological polar surface area (TPSA) is 73.7 Å². The van der Waals surface area contributed by atoms with E-state index in [-0.39, 0.29) is 24.1 Å². The maximum Gasteiger partial charge on any atom is 0.410 e. The highest BCUT2D eigenvalue weighted by atomic mass is 16.6. The number of carbonyl (C=O) groups is 2. The number of rotatable bonds is 5. The Balaban J connectivity index is 2.10. The van der Waals surface area contributed by atoms with E-state index in [0.29, 0.717) is 25.1 Å². The van der Waals surface area contributed by atoms with Crippen LogP contribution in [0.3, 0.4) is 0 Å². The van der Waals surface area contributed by atoms with Gasteiger partial charge < -0.3 is 15.0 Å². The third-order valence-electron chi connectivity index (χ3n) is 5.35. The Morgan fingerprint density at radius 2 is 1.89 bits per heavy atom. The van der Waals surface area contributed by atoms with Gasteiger partial charge in [-0.25, -0.2) is 4.79 Å². The minimum absolute atomic E-state index is 0.0173. The number of amides is 2. The standard InChI is InChI=1S/C22H35N3O3/c1-7-15(2)12-17(23)9-8-16(3)24-14-19-11-10-18(13-20(24)26)25(19)21(27)28-22(4,5)6/h8,12,18-19,23H,7,9-11,13-14H2,1-6H3/b15-12+,16-8+,23-17?. The Labute approximate surface area is 169 Å². The lowest BCUT2D eigenvalue weighted by Crippen LogP contribution is -2.45. The van der Waals surface area contributed by atoms with Crippen molar-refractivity contribution in [1.82, 2.24) is 9.80 Å². The number of carbonyl (C=O) groups excluding carboxylic acids is 2. The molecule has 0 aromatic carbocycles. The van der Waals surface area contributed by atoms with E-state index in [2.05, 4.69) is 6.92 Å². The minimum Gasteiger partial charge on any atom is -0.444 e. The molecule has 2 heterocycles. The monoisotopic (exact) mass is 389 g/mol. The van der Waals surface area contributed by atoms with E-state index in [9.17, 15) is 9.59 Å². The molecule has 6 heteroatoms. The number of nitrogens with zero attached hydrogens (tertiary/aromatic N) is 2. The zero-order valence-corrected chi connectivity index (χ0v) is 18.2. The van der Waals surface area contributed by atoms with Crippen LogP contribution in [0, 0.1) is 5.41 Å². The molecule has 2 fully saturated rings. The molecule has 2 aliphatic heterocycles. The lowest BCUT2D eigenvalue weighted by Gasteiger charge is -2.31. The molecule has 28 heavy (non-hydrogen) atoms. The molecule has 0 aromatic heterocycles. The average Bonchev–Trinajstić information content (AvgIpc) is 2.90. The normalized spacial score (nSPS) is 23.7. The summed E-state index contributed by atoms with van der Waals surface area (Å²) >= 11 is 0. The Morgan fingerprint density at radius 1 is 1.25 bits per heavy atom. The fraction of sp³-hybridized carbons (Fsp3) is 0.682. The first-order chi connectivity index (χ1) is 13.0. The van der Waals surface area contributed by atoms with Gasteiger partial charge >= 0.3 is 6.09 Å². The summed E-state index contributed by atoms with van der Waals surface area (Å²) in [6, 6.07) is -0.102. The predicted octanol–water partition coefficient (Wildman–Crippen LogP) is 4.66. The molecule has 2 amide bonds. The minimum atomic E-state index is -0.549. The molecule has 2 bridgehead atoms. The molecule has 0 aliphatic carbocycles. The molecule has 2 unspecified atom stereocenters. The molecule has 156 valence electrons. The fourth-order valence-electron chi connectivity index (χ4n) is 3.74. The van der Waals surface area contributed by atoms with Crippen LogP contribution in [-0.4, -0.2) is 51.7 Å². The summed E-state index contributed by atoms with van der Waals surface area (Å²) in [5, 5.41) is 8.08. The van der Waals surface area contributed by atoms with Gasteiger partial charge in [0.05, 0.1) is 6.04 Å². The van der Waals surface area contributed by atoms with E-state index >= 15 is 0 Å². The number of nitrogens with one attached hydrogen (secondary N) is 1. The molecule has 6 nitrogen and oxygen atoms in total. The smallest absolute Gasteiger partial charge is 0.410 e. The first kappa shape index (κ1) is 22.2. The van der Waals surface area contributed by atoms with E-state index in [1.807, 2.05) is 46.8 Å². The van der Waals surface area contributed by atoms with Crippen molar-refractivity contribution in [2.24, 2.45) is 0 Å². The van der Waals surface area contributed by atoms with Crippen LogP contribution in [0.4, 0.5) is 4.79 Å². The van der Waals surface area contributed by atoms with Gasteiger partial charge in [-0.05, 0) is 60.0 Å². The summed E-state index contributed by atoms with van der Waals surface area (Å²) in [6.45, 7) is 12.1. The van der Waals surface area contributed by atoms with Crippen LogP contribution in [0.5, 0.6) is 0 Å². The molecule has 0 spiro atoms. The van der Waals surface area contributed by atoms with Crippen molar-refractivity contribution in [1.29, 1.82) is 5.41 Å². The summed E-state index contributed by atoms with van der Waals surface area (Å²) in [5.41, 5.74) is 2.02. The first-order valence-corrected chi connectivity index (χ1v) is 10.2. The van der Waals surface area contributed by atoms with E-state index < -0.39 is 5.60 Å². The Kier molecular flexibility index (Phi) is 7.07. The second kappa shape index (κ2) is 8.93. The van der Waals surface area contributed by atoms with Gasteiger partial charge in [0.15, 0.2) is 0 Å². The number of hydrogen-bond acceptors (Lipinski definition) is 4. The number of allylic oxidation sites excluding steroid dienone is 4. The summed E-state index contributed by atoms with van der Waals surface area (Å²) in [5.74, 6) is 0.0429. The lowest BCUT2D eigenvalue weighted by atomic mass is 10.1. The van der Waals surface area contributed by atoms with Crippen LogP contribution in [-0.2, 0) is 9.53 Å². The summed E-state index contributed by atoms with van der Waals surface area (Å²) in [6.07, 6.45) is 6.99. The molecule has 2 saturated heterocycles. The van der Waals surface area contributed by atoms with Crippen LogP contribution in [0.2, 0.25) is 0 Å². The third-order valence-corrected chi connectivity index (χ3v) is 5.35. The molecule has 2 aliphatic rings. The van der Waals surface area contributed by atoms with Crippen molar-refractivity contribution in [2.45, 2.75) is 91.3 Å². The molecule has 2 atom stereocenters. The fourth-order valence-corrected chi connectivity index (χ4v) is 3.74. The van der Waals surface area contributed by atoms with E-state index in [1.165, 1.54) is 5.57 Å². The molecule has 0 aromatic rings. The summed E-state index contributed by atoms with van der Waals surface area (Å²) in [7, 11) is 0. The largest absolute Gasteiger partial charge is 0.444 e. The Bertz CT molecular complexity index is 688. The number of hydrogen-bond donors (Lipinski definition) is 1. The maximum atomic E-state index is 12.8. The second-order valence-corrected chi connectivity index (χ2v) is 8.90. The highest BCUT2D eigenvalue weighted by Crippen LogP contribution is 2.33. The second-order valence-electron chi connectivity index (χ2n) is 8.90. The van der Waals surface area contributed by atoms with Gasteiger partial charge in [-0.1, -0.05) is 18.6 Å². The van der Waals surface area contributed by atoms with Gasteiger partial charge in [0.2, 0.25) is 5.91 Å². The molecule has 0 radical (unpaired) electrons. The molecular weight excluding hydrogens is 354 g/mol. The lowest BCUT2D eigenvalue weighted by molar-refractivity contribution is -0.129. The van der Waals surface area contributed by atoms with Crippen molar-refractivity contribution in [3.05, 3.63) is 23.4 Å². The van der Waals surface area contributed by atoms with Gasteiger partial charge in [-0.3, -0.25) is 9.69 Å². The quantitative estimate of drug-likeness (QED) is 0.695. The predicted molar refractivity (Wildman–Crippen MR) is 111 cm³/mol. The highest BCUT2D eigenvalue weighted by molar-refractivity contribution is 5.94. The maximum absolute atomic E-state index is 12.8. The van der Waals surface area contributed by atoms with Gasteiger partial charge in [0.1, 0.15) is 5.60 Å². The van der Waals surface area contributed by atoms with Gasteiger partial charge in [0.25, 0.3) is 0 Å². The van der Waals surface area contributed by atoms with Crippen LogP contribution in [0.15, 0.2) is 23.4 Å². The van der Waals surface area contributed by atoms with Crippen molar-refractivity contribution >= 4 is 17.7 Å². The molecule has 1 N–H and O–H groups in total. The summed E-state index contributed by atoms with van der Waals surface area (Å²) in [4.78, 5) is 29.1. The number of fused-ring (bicyclic) bond motifs is 2. The average molecular weight is 390 g/mol. The zero-order chi connectivity index (χ0) is 21.1. The SMILES string of the molecule is CC/C(C)=C/C(=N)C/C=C(\C)N1CC2CCC(CC1=O)N2C(=O)OC(C)(C)C. The Morgan fingerprint density at radius 3 is 2.50 bits per heavy atom. The highest BCUT2D eigenvalue weighted by Gasteiger charge is 2.44. The van der Waals surface area contributed by atoms with Crippen molar-refractivity contribution in [2.75, 3.05) is 6.54 Å². The molecular formula is C22H35N3O3. The van der Waals surface area contributed by atoms with Gasteiger partial charge in [-0.2, -0.15) is 0 Å². The van der Waals surface area contributed by atoms with E-state index in [1.54, 1.807) is 9.80 Å². The van der Waals surface area contributed by atoms with Crippen molar-refractivity contribution < 1.29 is 14.3 Å². The van der Waals surface area contributed by atoms with Crippen LogP contribution < -0.4 is 0 Å². The zero-order valence-electron chi connectivity index (χ0n) is 18.2. The first-order valence-electron chi connectivity index (χ1n) is 10.2. The number of ether oxygens (including phenoxy) is 1. The van der Waals surface area contributed by atoms with Crippen LogP contribution in [0.25, 0.3) is 0 Å². The Hall–Kier alpha value is -2.11. The summed E-state index contributed by atoms with van der Waals surface area (Å²) < 4.78 is 5.58. The molecule has 2 rings (SSSR count). The van der Waals surface area contributed by atoms with Crippen LogP contribution in [0.1, 0.15) is 73.6 Å². The van der Waals surface area contributed by atoms with Crippen molar-refractivity contribution in [3.8, 4) is 0 Å². The number of likely N-dealkylation sites (tertiary alicyclic amines) is 1. The van der Waals surface area contributed by atoms with Gasteiger partial charge in [-0.15, -0.1) is 0 Å². The van der Waals surface area contributed by atoms with E-state index in [0.717, 1.165) is 25.0 Å².